The minimum absolute atomic E-state index is 0.0425. The Balaban J connectivity index is 4.39. The first-order valence-electron chi connectivity index (χ1n) is 17.3. The maximum atomic E-state index is 12.5. The van der Waals surface area contributed by atoms with Gasteiger partial charge in [0.15, 0.2) is 6.10 Å². The molecule has 0 bridgehead atoms. The molecule has 264 valence electrons. The number of phosphoric ester groups is 1. The zero-order chi connectivity index (χ0) is 34.0. The molecule has 2 atom stereocenters. The van der Waals surface area contributed by atoms with Crippen LogP contribution in [0.25, 0.3) is 0 Å². The van der Waals surface area contributed by atoms with Gasteiger partial charge in [-0.25, -0.2) is 4.57 Å². The number of unbranched alkanes of at least 4 members (excludes halogenated alkanes) is 11. The fourth-order valence-electron chi connectivity index (χ4n) is 4.17. The minimum atomic E-state index is -4.38. The van der Waals surface area contributed by atoms with Gasteiger partial charge in [-0.3, -0.25) is 18.6 Å². The van der Waals surface area contributed by atoms with E-state index >= 15 is 0 Å². The predicted molar refractivity (Wildman–Crippen MR) is 187 cm³/mol. The lowest BCUT2D eigenvalue weighted by Crippen LogP contribution is -2.29. The van der Waals surface area contributed by atoms with Crippen LogP contribution in [0.3, 0.4) is 0 Å². The van der Waals surface area contributed by atoms with Gasteiger partial charge in [0.1, 0.15) is 6.61 Å². The lowest BCUT2D eigenvalue weighted by atomic mass is 10.1. The van der Waals surface area contributed by atoms with Crippen LogP contribution < -0.4 is 5.73 Å². The van der Waals surface area contributed by atoms with Gasteiger partial charge in [0, 0.05) is 19.4 Å². The fourth-order valence-corrected chi connectivity index (χ4v) is 4.93. The van der Waals surface area contributed by atoms with E-state index in [-0.39, 0.29) is 32.6 Å². The van der Waals surface area contributed by atoms with Gasteiger partial charge >= 0.3 is 19.8 Å². The van der Waals surface area contributed by atoms with Crippen LogP contribution in [0.2, 0.25) is 0 Å². The molecule has 0 heterocycles. The van der Waals surface area contributed by atoms with Crippen molar-refractivity contribution in [2.75, 3.05) is 26.4 Å². The largest absolute Gasteiger partial charge is 0.472 e. The van der Waals surface area contributed by atoms with Gasteiger partial charge in [-0.1, -0.05) is 113 Å². The molecular weight excluding hydrogens is 605 g/mol. The molecule has 0 radical (unpaired) electrons. The van der Waals surface area contributed by atoms with Crippen molar-refractivity contribution in [3.05, 3.63) is 60.8 Å². The highest BCUT2D eigenvalue weighted by atomic mass is 31.2. The number of carbonyl (C=O) groups is 2. The maximum Gasteiger partial charge on any atom is 0.472 e. The molecule has 0 aliphatic carbocycles. The van der Waals surface area contributed by atoms with Crippen LogP contribution in [0.15, 0.2) is 60.8 Å². The highest BCUT2D eigenvalue weighted by Crippen LogP contribution is 2.43. The van der Waals surface area contributed by atoms with E-state index in [1.54, 1.807) is 0 Å². The Morgan fingerprint density at radius 3 is 1.87 bits per heavy atom. The molecule has 0 rings (SSSR count). The van der Waals surface area contributed by atoms with Crippen molar-refractivity contribution in [3.63, 3.8) is 0 Å². The third-order valence-corrected chi connectivity index (χ3v) is 7.72. The van der Waals surface area contributed by atoms with Crippen LogP contribution in [-0.4, -0.2) is 49.3 Å². The molecule has 3 N–H and O–H groups in total. The standard InChI is InChI=1S/C36H62NO8P/c1-3-5-7-9-11-13-15-17-19-21-23-25-27-29-36(39)45-34(33-44-46(40,41)43-31-30-37)32-42-35(38)28-26-24-22-20-18-16-14-12-10-8-6-4-2/h5,7,9,11-15,17,19,34H,3-4,6,8,10,16,18,20-33,37H2,1-2H3,(H,40,41)/b7-5+,11-9+,14-12+,15-13+,19-17+. The molecule has 9 nitrogen and oxygen atoms in total. The highest BCUT2D eigenvalue weighted by Gasteiger charge is 2.25. The summed E-state index contributed by atoms with van der Waals surface area (Å²) in [6, 6.07) is 0. The van der Waals surface area contributed by atoms with Crippen LogP contribution in [-0.2, 0) is 32.7 Å². The number of hydrogen-bond donors (Lipinski definition) is 2. The van der Waals surface area contributed by atoms with E-state index in [9.17, 15) is 19.0 Å². The van der Waals surface area contributed by atoms with Crippen molar-refractivity contribution in [2.24, 2.45) is 5.73 Å². The summed E-state index contributed by atoms with van der Waals surface area (Å²) in [5.74, 6) is -0.895. The molecule has 46 heavy (non-hydrogen) atoms. The number of allylic oxidation sites excluding steroid dienone is 10. The van der Waals surface area contributed by atoms with Crippen LogP contribution in [0, 0.1) is 0 Å². The molecule has 0 amide bonds. The van der Waals surface area contributed by atoms with Crippen LogP contribution in [0.4, 0.5) is 0 Å². The summed E-state index contributed by atoms with van der Waals surface area (Å²) in [6.07, 6.45) is 35.4. The SMILES string of the molecule is CC/C=C/C=C/C=C/C=C/CCCCCC(=O)OC(COC(=O)CCCCCCC/C=C/CCCCC)COP(=O)(O)OCCN. The third kappa shape index (κ3) is 31.7. The van der Waals surface area contributed by atoms with Gasteiger partial charge in [0.2, 0.25) is 0 Å². The van der Waals surface area contributed by atoms with Gasteiger partial charge in [-0.15, -0.1) is 0 Å². The summed E-state index contributed by atoms with van der Waals surface area (Å²) in [6.45, 7) is 3.46. The monoisotopic (exact) mass is 667 g/mol. The molecule has 0 fully saturated rings. The molecule has 0 aliphatic heterocycles. The number of hydrogen-bond acceptors (Lipinski definition) is 8. The Kier molecular flexibility index (Phi) is 31.0. The Morgan fingerprint density at radius 2 is 1.22 bits per heavy atom. The Hall–Kier alpha value is -2.29. The fraction of sp³-hybridized carbons (Fsp3) is 0.667. The molecule has 0 saturated carbocycles. The van der Waals surface area contributed by atoms with Crippen LogP contribution in [0.1, 0.15) is 123 Å². The van der Waals surface area contributed by atoms with Gasteiger partial charge < -0.3 is 20.1 Å². The van der Waals surface area contributed by atoms with Crippen molar-refractivity contribution >= 4 is 19.8 Å². The molecular formula is C36H62NO8P. The second-order valence-corrected chi connectivity index (χ2v) is 12.5. The smallest absolute Gasteiger partial charge is 0.462 e. The predicted octanol–water partition coefficient (Wildman–Crippen LogP) is 8.99. The van der Waals surface area contributed by atoms with E-state index in [1.807, 2.05) is 36.5 Å². The lowest BCUT2D eigenvalue weighted by Gasteiger charge is -2.19. The van der Waals surface area contributed by atoms with E-state index in [2.05, 4.69) is 38.2 Å². The number of phosphoric acid groups is 1. The zero-order valence-electron chi connectivity index (χ0n) is 28.5. The first-order valence-corrected chi connectivity index (χ1v) is 18.8. The lowest BCUT2D eigenvalue weighted by molar-refractivity contribution is -0.161. The van der Waals surface area contributed by atoms with E-state index in [4.69, 9.17) is 24.3 Å². The average molecular weight is 668 g/mol. The van der Waals surface area contributed by atoms with Crippen molar-refractivity contribution < 1.29 is 37.6 Å². The average Bonchev–Trinajstić information content (AvgIpc) is 3.04. The molecule has 10 heteroatoms. The van der Waals surface area contributed by atoms with E-state index in [0.717, 1.165) is 64.2 Å². The third-order valence-electron chi connectivity index (χ3n) is 6.73. The molecule has 0 saturated heterocycles. The summed E-state index contributed by atoms with van der Waals surface area (Å²) in [5, 5.41) is 0. The Bertz CT molecular complexity index is 944. The van der Waals surface area contributed by atoms with Gasteiger partial charge in [-0.2, -0.15) is 0 Å². The highest BCUT2D eigenvalue weighted by molar-refractivity contribution is 7.47. The number of rotatable bonds is 31. The van der Waals surface area contributed by atoms with Crippen LogP contribution >= 0.6 is 7.82 Å². The number of ether oxygens (including phenoxy) is 2. The minimum Gasteiger partial charge on any atom is -0.462 e. The summed E-state index contributed by atoms with van der Waals surface area (Å²) in [5.41, 5.74) is 5.31. The van der Waals surface area contributed by atoms with Crippen molar-refractivity contribution in [1.82, 2.24) is 0 Å². The second-order valence-electron chi connectivity index (χ2n) is 11.1. The molecule has 0 aromatic carbocycles. The van der Waals surface area contributed by atoms with Crippen LogP contribution in [0.5, 0.6) is 0 Å². The number of esters is 2. The summed E-state index contributed by atoms with van der Waals surface area (Å²) in [4.78, 5) is 34.6. The summed E-state index contributed by atoms with van der Waals surface area (Å²) < 4.78 is 32.5. The first-order chi connectivity index (χ1) is 22.3. The van der Waals surface area contributed by atoms with E-state index in [1.165, 1.54) is 19.3 Å². The normalized spacial score (nSPS) is 14.3. The molecule has 0 aliphatic rings. The summed E-state index contributed by atoms with van der Waals surface area (Å²) >= 11 is 0. The van der Waals surface area contributed by atoms with E-state index < -0.39 is 32.5 Å². The van der Waals surface area contributed by atoms with Gasteiger partial charge in [-0.05, 0) is 57.8 Å². The second kappa shape index (κ2) is 32.6. The van der Waals surface area contributed by atoms with E-state index in [0.29, 0.717) is 12.8 Å². The zero-order valence-corrected chi connectivity index (χ0v) is 29.4. The first kappa shape index (κ1) is 43.7. The Labute approximate surface area is 279 Å². The summed E-state index contributed by atoms with van der Waals surface area (Å²) in [7, 11) is -4.38. The van der Waals surface area contributed by atoms with Crippen molar-refractivity contribution in [1.29, 1.82) is 0 Å². The van der Waals surface area contributed by atoms with Crippen molar-refractivity contribution in [3.8, 4) is 0 Å². The van der Waals surface area contributed by atoms with Gasteiger partial charge in [0.25, 0.3) is 0 Å². The molecule has 0 aromatic heterocycles. The Morgan fingerprint density at radius 1 is 0.674 bits per heavy atom. The molecule has 2 unspecified atom stereocenters. The topological polar surface area (TPSA) is 134 Å². The number of nitrogens with two attached hydrogens (primary N) is 1. The molecule has 0 aromatic rings. The number of carbonyl (C=O) groups excluding carboxylic acids is 2. The molecule has 0 spiro atoms. The van der Waals surface area contributed by atoms with Crippen molar-refractivity contribution in [2.45, 2.75) is 129 Å². The quantitative estimate of drug-likeness (QED) is 0.0244. The maximum absolute atomic E-state index is 12.5. The van der Waals surface area contributed by atoms with Gasteiger partial charge in [0.05, 0.1) is 13.2 Å².